The van der Waals surface area contributed by atoms with Gasteiger partial charge in [-0.05, 0) is 30.5 Å². The van der Waals surface area contributed by atoms with Crippen LogP contribution in [0.25, 0.3) is 0 Å². The molecule has 1 aliphatic carbocycles. The summed E-state index contributed by atoms with van der Waals surface area (Å²) in [6.45, 7) is 0.524. The van der Waals surface area contributed by atoms with Crippen molar-refractivity contribution < 1.29 is 14.4 Å². The van der Waals surface area contributed by atoms with Crippen LogP contribution in [0.15, 0.2) is 24.3 Å². The minimum Gasteiger partial charge on any atom is -0.355 e. The molecule has 1 unspecified atom stereocenters. The van der Waals surface area contributed by atoms with Crippen molar-refractivity contribution in [3.05, 3.63) is 34.9 Å². The minimum absolute atomic E-state index is 0.0264. The SMILES string of the molecule is O=C(CC1NC(=O)NC1=O)NCC1(c2ccc(Cl)cc2)CC1. The third kappa shape index (κ3) is 3.06. The van der Waals surface area contributed by atoms with Crippen LogP contribution in [-0.2, 0) is 15.0 Å². The molecule has 1 heterocycles. The van der Waals surface area contributed by atoms with Gasteiger partial charge < -0.3 is 10.6 Å². The molecule has 6 nitrogen and oxygen atoms in total. The average molecular weight is 322 g/mol. The summed E-state index contributed by atoms with van der Waals surface area (Å²) >= 11 is 5.89. The van der Waals surface area contributed by atoms with Crippen molar-refractivity contribution in [3.8, 4) is 0 Å². The summed E-state index contributed by atoms with van der Waals surface area (Å²) in [5.41, 5.74) is 1.13. The third-order valence-electron chi connectivity index (χ3n) is 4.18. The fraction of sp³-hybridized carbons (Fsp3) is 0.400. The van der Waals surface area contributed by atoms with Gasteiger partial charge in [0.05, 0.1) is 6.42 Å². The number of carbonyl (C=O) groups excluding carboxylic acids is 3. The molecule has 3 rings (SSSR count). The fourth-order valence-corrected chi connectivity index (χ4v) is 2.78. The van der Waals surface area contributed by atoms with Crippen molar-refractivity contribution in [1.82, 2.24) is 16.0 Å². The van der Waals surface area contributed by atoms with Gasteiger partial charge >= 0.3 is 6.03 Å². The van der Waals surface area contributed by atoms with Gasteiger partial charge in [0.15, 0.2) is 0 Å². The summed E-state index contributed by atoms with van der Waals surface area (Å²) in [6, 6.07) is 6.31. The number of rotatable bonds is 5. The number of carbonyl (C=O) groups is 3. The number of urea groups is 1. The van der Waals surface area contributed by atoms with E-state index in [1.165, 1.54) is 0 Å². The van der Waals surface area contributed by atoms with Gasteiger partial charge in [0.25, 0.3) is 5.91 Å². The zero-order valence-electron chi connectivity index (χ0n) is 11.8. The Balaban J connectivity index is 1.54. The van der Waals surface area contributed by atoms with Gasteiger partial charge in [-0.15, -0.1) is 0 Å². The van der Waals surface area contributed by atoms with E-state index in [1.54, 1.807) is 0 Å². The maximum absolute atomic E-state index is 11.9. The van der Waals surface area contributed by atoms with Crippen LogP contribution in [0.4, 0.5) is 4.79 Å². The molecule has 0 radical (unpaired) electrons. The number of imide groups is 1. The number of nitrogens with one attached hydrogen (secondary N) is 3. The second kappa shape index (κ2) is 5.61. The van der Waals surface area contributed by atoms with E-state index in [0.29, 0.717) is 11.6 Å². The van der Waals surface area contributed by atoms with Crippen molar-refractivity contribution in [1.29, 1.82) is 0 Å². The zero-order valence-corrected chi connectivity index (χ0v) is 12.6. The average Bonchev–Trinajstić information content (AvgIpc) is 3.19. The molecule has 1 aromatic rings. The summed E-state index contributed by atoms with van der Waals surface area (Å²) in [4.78, 5) is 34.3. The van der Waals surface area contributed by atoms with Gasteiger partial charge in [-0.2, -0.15) is 0 Å². The summed E-state index contributed by atoms with van der Waals surface area (Å²) < 4.78 is 0. The molecule has 1 aliphatic heterocycles. The number of amides is 4. The highest BCUT2D eigenvalue weighted by atomic mass is 35.5. The van der Waals surface area contributed by atoms with E-state index in [4.69, 9.17) is 11.6 Å². The summed E-state index contributed by atoms with van der Waals surface area (Å²) in [7, 11) is 0. The lowest BCUT2D eigenvalue weighted by Gasteiger charge is -2.17. The van der Waals surface area contributed by atoms with E-state index in [2.05, 4.69) is 16.0 Å². The molecule has 1 saturated heterocycles. The molecule has 116 valence electrons. The van der Waals surface area contributed by atoms with E-state index in [0.717, 1.165) is 18.4 Å². The molecule has 0 aromatic heterocycles. The van der Waals surface area contributed by atoms with Gasteiger partial charge in [0.2, 0.25) is 5.91 Å². The highest BCUT2D eigenvalue weighted by molar-refractivity contribution is 6.30. The maximum Gasteiger partial charge on any atom is 0.322 e. The van der Waals surface area contributed by atoms with Crippen LogP contribution in [0.1, 0.15) is 24.8 Å². The van der Waals surface area contributed by atoms with Crippen LogP contribution in [0, 0.1) is 0 Å². The molecule has 1 atom stereocenters. The molecule has 4 amide bonds. The van der Waals surface area contributed by atoms with E-state index in [-0.39, 0.29) is 17.7 Å². The Kier molecular flexibility index (Phi) is 3.78. The smallest absolute Gasteiger partial charge is 0.322 e. The lowest BCUT2D eigenvalue weighted by atomic mass is 9.96. The molecule has 2 aliphatic rings. The summed E-state index contributed by atoms with van der Waals surface area (Å²) in [5.74, 6) is -0.707. The van der Waals surface area contributed by atoms with Gasteiger partial charge in [-0.1, -0.05) is 23.7 Å². The topological polar surface area (TPSA) is 87.3 Å². The zero-order chi connectivity index (χ0) is 15.7. The fourth-order valence-electron chi connectivity index (χ4n) is 2.65. The van der Waals surface area contributed by atoms with Crippen molar-refractivity contribution in [2.75, 3.05) is 6.54 Å². The van der Waals surface area contributed by atoms with Crippen LogP contribution < -0.4 is 16.0 Å². The molecule has 1 aromatic carbocycles. The van der Waals surface area contributed by atoms with Crippen LogP contribution in [0.3, 0.4) is 0 Å². The minimum atomic E-state index is -0.779. The first-order valence-corrected chi connectivity index (χ1v) is 7.50. The van der Waals surface area contributed by atoms with Crippen molar-refractivity contribution >= 4 is 29.4 Å². The molecule has 1 saturated carbocycles. The van der Waals surface area contributed by atoms with Crippen LogP contribution >= 0.6 is 11.6 Å². The second-order valence-electron chi connectivity index (χ2n) is 5.78. The lowest BCUT2D eigenvalue weighted by molar-refractivity contribution is -0.126. The number of hydrogen-bond donors (Lipinski definition) is 3. The maximum atomic E-state index is 11.9. The molecule has 7 heteroatoms. The molecule has 3 N–H and O–H groups in total. The van der Waals surface area contributed by atoms with E-state index in [1.807, 2.05) is 24.3 Å². The van der Waals surface area contributed by atoms with Gasteiger partial charge in [0.1, 0.15) is 6.04 Å². The van der Waals surface area contributed by atoms with Crippen LogP contribution in [0.2, 0.25) is 5.02 Å². The van der Waals surface area contributed by atoms with Crippen LogP contribution in [0.5, 0.6) is 0 Å². The predicted molar refractivity (Wildman–Crippen MR) is 80.5 cm³/mol. The first kappa shape index (κ1) is 14.8. The first-order chi connectivity index (χ1) is 10.5. The highest BCUT2D eigenvalue weighted by Gasteiger charge is 2.44. The van der Waals surface area contributed by atoms with Crippen molar-refractivity contribution in [2.24, 2.45) is 0 Å². The van der Waals surface area contributed by atoms with E-state index in [9.17, 15) is 14.4 Å². The molecular weight excluding hydrogens is 306 g/mol. The highest BCUT2D eigenvalue weighted by Crippen LogP contribution is 2.47. The molecular formula is C15H16ClN3O3. The number of benzene rings is 1. The van der Waals surface area contributed by atoms with Gasteiger partial charge in [-0.3, -0.25) is 14.9 Å². The Labute approximate surface area is 132 Å². The number of hydrogen-bond acceptors (Lipinski definition) is 3. The molecule has 0 bridgehead atoms. The predicted octanol–water partition coefficient (Wildman–Crippen LogP) is 1.09. The van der Waals surface area contributed by atoms with Gasteiger partial charge in [-0.25, -0.2) is 4.79 Å². The first-order valence-electron chi connectivity index (χ1n) is 7.13. The second-order valence-corrected chi connectivity index (χ2v) is 6.22. The normalized spacial score (nSPS) is 22.0. The molecule has 22 heavy (non-hydrogen) atoms. The Bertz CT molecular complexity index is 625. The summed E-state index contributed by atoms with van der Waals surface area (Å²) in [5, 5.41) is 8.06. The van der Waals surface area contributed by atoms with Crippen molar-refractivity contribution in [3.63, 3.8) is 0 Å². The Hall–Kier alpha value is -2.08. The summed E-state index contributed by atoms with van der Waals surface area (Å²) in [6.07, 6.45) is 1.97. The molecule has 2 fully saturated rings. The lowest BCUT2D eigenvalue weighted by Crippen LogP contribution is -2.38. The largest absolute Gasteiger partial charge is 0.355 e. The van der Waals surface area contributed by atoms with Gasteiger partial charge in [0, 0.05) is 17.0 Å². The Morgan fingerprint density at radius 2 is 1.95 bits per heavy atom. The molecule has 0 spiro atoms. The van der Waals surface area contributed by atoms with Crippen molar-refractivity contribution in [2.45, 2.75) is 30.7 Å². The Morgan fingerprint density at radius 3 is 2.50 bits per heavy atom. The van der Waals surface area contributed by atoms with E-state index >= 15 is 0 Å². The monoisotopic (exact) mass is 321 g/mol. The van der Waals surface area contributed by atoms with E-state index < -0.39 is 18.0 Å². The standard InChI is InChI=1S/C15H16ClN3O3/c16-10-3-1-9(2-4-10)15(5-6-15)8-17-12(20)7-11-13(21)19-14(22)18-11/h1-4,11H,5-8H2,(H,17,20)(H2,18,19,21,22). The third-order valence-corrected chi connectivity index (χ3v) is 4.43. The van der Waals surface area contributed by atoms with Crippen LogP contribution in [-0.4, -0.2) is 30.4 Å². The Morgan fingerprint density at radius 1 is 1.27 bits per heavy atom. The number of halogens is 1. The quantitative estimate of drug-likeness (QED) is 0.709.